The van der Waals surface area contributed by atoms with Gasteiger partial charge in [0.2, 0.25) is 0 Å². The first kappa shape index (κ1) is 13.3. The van der Waals surface area contributed by atoms with Crippen molar-refractivity contribution < 1.29 is 9.31 Å². The molecule has 0 saturated heterocycles. The van der Waals surface area contributed by atoms with E-state index < -0.39 is 10.7 Å². The van der Waals surface area contributed by atoms with Crippen molar-refractivity contribution in [2.75, 3.05) is 5.73 Å². The van der Waals surface area contributed by atoms with Crippen LogP contribution in [-0.2, 0) is 5.75 Å². The summed E-state index contributed by atoms with van der Waals surface area (Å²) in [7, 11) is 0. The fourth-order valence-electron chi connectivity index (χ4n) is 1.51. The number of pyridine rings is 1. The molecule has 0 spiro atoms. The van der Waals surface area contributed by atoms with Crippen molar-refractivity contribution in [2.45, 2.75) is 10.6 Å². The molecule has 0 atom stereocenters. The lowest BCUT2D eigenvalue weighted by atomic mass is 10.2. The van der Waals surface area contributed by atoms with Crippen LogP contribution in [0.2, 0.25) is 0 Å². The van der Waals surface area contributed by atoms with Gasteiger partial charge in [-0.25, -0.2) is 4.39 Å². The van der Waals surface area contributed by atoms with Crippen LogP contribution in [-0.4, -0.2) is 9.91 Å². The van der Waals surface area contributed by atoms with Crippen LogP contribution in [0.25, 0.3) is 0 Å². The van der Waals surface area contributed by atoms with Crippen molar-refractivity contribution in [3.05, 3.63) is 58.2 Å². The first-order chi connectivity index (χ1) is 9.06. The predicted molar refractivity (Wildman–Crippen MR) is 71.3 cm³/mol. The molecular formula is C12H10FN3O2S. The van der Waals surface area contributed by atoms with Crippen molar-refractivity contribution in [1.29, 1.82) is 0 Å². The Hall–Kier alpha value is -2.15. The zero-order valence-corrected chi connectivity index (χ0v) is 10.6. The number of nitrogens with zero attached hydrogens (tertiary/aromatic N) is 2. The number of halogens is 1. The van der Waals surface area contributed by atoms with Crippen molar-refractivity contribution in [3.8, 4) is 0 Å². The summed E-state index contributed by atoms with van der Waals surface area (Å²) < 4.78 is 13.2. The smallest absolute Gasteiger partial charge is 0.272 e. The number of anilines is 1. The van der Waals surface area contributed by atoms with Gasteiger partial charge in [0.05, 0.1) is 22.9 Å². The van der Waals surface area contributed by atoms with E-state index in [2.05, 4.69) is 4.98 Å². The molecular weight excluding hydrogens is 269 g/mol. The lowest BCUT2D eigenvalue weighted by Crippen LogP contribution is -1.93. The van der Waals surface area contributed by atoms with Crippen LogP contribution in [0.15, 0.2) is 41.6 Å². The van der Waals surface area contributed by atoms with Crippen LogP contribution in [0.5, 0.6) is 0 Å². The number of nitrogen functional groups attached to an aromatic ring is 1. The SMILES string of the molecule is Nc1cnccc1SCc1cc(F)cc([N+](=O)[O-])c1. The van der Waals surface area contributed by atoms with Gasteiger partial charge in [0.1, 0.15) is 5.82 Å². The molecule has 0 aliphatic rings. The lowest BCUT2D eigenvalue weighted by Gasteiger charge is -2.05. The Morgan fingerprint density at radius 1 is 1.42 bits per heavy atom. The molecule has 0 amide bonds. The quantitative estimate of drug-likeness (QED) is 0.528. The molecule has 1 aromatic heterocycles. The van der Waals surface area contributed by atoms with Gasteiger partial charge in [-0.05, 0) is 17.7 Å². The first-order valence-corrected chi connectivity index (χ1v) is 6.31. The number of benzene rings is 1. The number of thioether (sulfide) groups is 1. The van der Waals surface area contributed by atoms with E-state index in [0.29, 0.717) is 17.0 Å². The van der Waals surface area contributed by atoms with E-state index in [1.165, 1.54) is 30.1 Å². The molecule has 5 nitrogen and oxygen atoms in total. The van der Waals surface area contributed by atoms with Gasteiger partial charge >= 0.3 is 0 Å². The average molecular weight is 279 g/mol. The molecule has 0 aliphatic heterocycles. The Balaban J connectivity index is 2.16. The second-order valence-electron chi connectivity index (χ2n) is 3.78. The van der Waals surface area contributed by atoms with Crippen LogP contribution in [0.1, 0.15) is 5.56 Å². The monoisotopic (exact) mass is 279 g/mol. The van der Waals surface area contributed by atoms with E-state index in [1.54, 1.807) is 12.3 Å². The normalized spacial score (nSPS) is 10.4. The second kappa shape index (κ2) is 5.66. The Bertz CT molecular complexity index is 622. The molecule has 0 bridgehead atoms. The van der Waals surface area contributed by atoms with E-state index in [0.717, 1.165) is 11.0 Å². The van der Waals surface area contributed by atoms with Crippen LogP contribution in [0.4, 0.5) is 15.8 Å². The molecule has 0 radical (unpaired) electrons. The molecule has 98 valence electrons. The molecule has 1 aromatic carbocycles. The summed E-state index contributed by atoms with van der Waals surface area (Å²) in [5.41, 5.74) is 6.54. The van der Waals surface area contributed by atoms with E-state index in [1.807, 2.05) is 0 Å². The Morgan fingerprint density at radius 3 is 2.89 bits per heavy atom. The number of non-ortho nitro benzene ring substituents is 1. The van der Waals surface area contributed by atoms with Crippen molar-refractivity contribution in [1.82, 2.24) is 4.98 Å². The Labute approximate surface area is 112 Å². The minimum atomic E-state index is -0.618. The molecule has 0 fully saturated rings. The first-order valence-electron chi connectivity index (χ1n) is 5.32. The molecule has 0 unspecified atom stereocenters. The standard InChI is InChI=1S/C12H10FN3O2S/c13-9-3-8(4-10(5-9)16(17)18)7-19-12-1-2-15-6-11(12)14/h1-6H,7,14H2. The van der Waals surface area contributed by atoms with Crippen LogP contribution in [0, 0.1) is 15.9 Å². The van der Waals surface area contributed by atoms with Gasteiger partial charge in [-0.15, -0.1) is 11.8 Å². The zero-order valence-electron chi connectivity index (χ0n) is 9.75. The number of hydrogen-bond acceptors (Lipinski definition) is 5. The molecule has 0 saturated carbocycles. The van der Waals surface area contributed by atoms with Gasteiger partial charge in [0.25, 0.3) is 5.69 Å². The number of nitrogens with two attached hydrogens (primary N) is 1. The fourth-order valence-corrected chi connectivity index (χ4v) is 2.37. The molecule has 19 heavy (non-hydrogen) atoms. The number of rotatable bonds is 4. The maximum Gasteiger partial charge on any atom is 0.272 e. The molecule has 2 aromatic rings. The van der Waals surface area contributed by atoms with E-state index >= 15 is 0 Å². The number of hydrogen-bond donors (Lipinski definition) is 1. The van der Waals surface area contributed by atoms with Crippen LogP contribution in [0.3, 0.4) is 0 Å². The van der Waals surface area contributed by atoms with E-state index in [9.17, 15) is 14.5 Å². The lowest BCUT2D eigenvalue weighted by molar-refractivity contribution is -0.385. The summed E-state index contributed by atoms with van der Waals surface area (Å²) >= 11 is 1.37. The highest BCUT2D eigenvalue weighted by molar-refractivity contribution is 7.98. The third-order valence-electron chi connectivity index (χ3n) is 2.36. The third kappa shape index (κ3) is 3.41. The van der Waals surface area contributed by atoms with E-state index in [-0.39, 0.29) is 5.69 Å². The summed E-state index contributed by atoms with van der Waals surface area (Å²) in [4.78, 5) is 14.7. The molecule has 2 rings (SSSR count). The highest BCUT2D eigenvalue weighted by Gasteiger charge is 2.10. The maximum absolute atomic E-state index is 13.2. The van der Waals surface area contributed by atoms with Crippen LogP contribution < -0.4 is 5.73 Å². The summed E-state index contributed by atoms with van der Waals surface area (Å²) in [6, 6.07) is 5.27. The average Bonchev–Trinajstić information content (AvgIpc) is 2.37. The fraction of sp³-hybridized carbons (Fsp3) is 0.0833. The van der Waals surface area contributed by atoms with Crippen molar-refractivity contribution in [3.63, 3.8) is 0 Å². The van der Waals surface area contributed by atoms with Gasteiger partial charge < -0.3 is 5.73 Å². The number of nitro groups is 1. The predicted octanol–water partition coefficient (Wildman–Crippen LogP) is 3.00. The zero-order chi connectivity index (χ0) is 13.8. The maximum atomic E-state index is 13.2. The van der Waals surface area contributed by atoms with Gasteiger partial charge in [0, 0.05) is 22.9 Å². The van der Waals surface area contributed by atoms with E-state index in [4.69, 9.17) is 5.73 Å². The van der Waals surface area contributed by atoms with Gasteiger partial charge in [-0.2, -0.15) is 0 Å². The number of aromatic nitrogens is 1. The molecule has 7 heteroatoms. The largest absolute Gasteiger partial charge is 0.397 e. The van der Waals surface area contributed by atoms with Gasteiger partial charge in [0.15, 0.2) is 0 Å². The summed E-state index contributed by atoms with van der Waals surface area (Å²) in [6.07, 6.45) is 3.13. The summed E-state index contributed by atoms with van der Waals surface area (Å²) in [5, 5.41) is 10.6. The number of nitro benzene ring substituents is 1. The van der Waals surface area contributed by atoms with Gasteiger partial charge in [-0.3, -0.25) is 15.1 Å². The Morgan fingerprint density at radius 2 is 2.21 bits per heavy atom. The topological polar surface area (TPSA) is 82.0 Å². The minimum absolute atomic E-state index is 0.252. The third-order valence-corrected chi connectivity index (χ3v) is 3.52. The molecule has 2 N–H and O–H groups in total. The second-order valence-corrected chi connectivity index (χ2v) is 4.79. The Kier molecular flexibility index (Phi) is 3.96. The van der Waals surface area contributed by atoms with Gasteiger partial charge in [-0.1, -0.05) is 0 Å². The minimum Gasteiger partial charge on any atom is -0.397 e. The van der Waals surface area contributed by atoms with Crippen LogP contribution >= 0.6 is 11.8 Å². The highest BCUT2D eigenvalue weighted by Crippen LogP contribution is 2.28. The summed E-state index contributed by atoms with van der Waals surface area (Å²) in [5.74, 6) is -0.222. The highest BCUT2D eigenvalue weighted by atomic mass is 32.2. The summed E-state index contributed by atoms with van der Waals surface area (Å²) in [6.45, 7) is 0. The van der Waals surface area contributed by atoms with Crippen molar-refractivity contribution >= 4 is 23.1 Å². The molecule has 1 heterocycles. The van der Waals surface area contributed by atoms with Crippen molar-refractivity contribution in [2.24, 2.45) is 0 Å². The molecule has 0 aliphatic carbocycles.